The predicted molar refractivity (Wildman–Crippen MR) is 46.6 cm³/mol. The normalized spacial score (nSPS) is 10.5. The molecule has 66 valence electrons. The van der Waals surface area contributed by atoms with Gasteiger partial charge in [-0.05, 0) is 6.07 Å². The number of rotatable bonds is 1. The molecule has 5 heteroatoms. The molecule has 0 aliphatic heterocycles. The molecule has 0 radical (unpaired) electrons. The lowest BCUT2D eigenvalue weighted by Gasteiger charge is -1.90. The highest BCUT2D eigenvalue weighted by Gasteiger charge is 2.07. The lowest BCUT2D eigenvalue weighted by atomic mass is 10.2. The number of hydrogen-bond donors (Lipinski definition) is 2. The Hall–Kier alpha value is -2.04. The van der Waals surface area contributed by atoms with Crippen molar-refractivity contribution in [1.29, 1.82) is 0 Å². The number of aromatic amines is 1. The van der Waals surface area contributed by atoms with E-state index in [0.29, 0.717) is 5.52 Å². The third-order valence-corrected chi connectivity index (χ3v) is 1.80. The molecule has 2 rings (SSSR count). The van der Waals surface area contributed by atoms with Crippen molar-refractivity contribution in [3.8, 4) is 5.88 Å². The van der Waals surface area contributed by atoms with Crippen LogP contribution >= 0.6 is 0 Å². The Bertz CT molecular complexity index is 475. The standard InChI is InChI=1S/C8H6N2O3/c11-8-3-5-1-2-6(10(12)13)4-7(5)9-8/h1-4,9,11H. The molecule has 1 aromatic carbocycles. The summed E-state index contributed by atoms with van der Waals surface area (Å²) in [5.41, 5.74) is 0.570. The molecule has 5 nitrogen and oxygen atoms in total. The summed E-state index contributed by atoms with van der Waals surface area (Å²) in [6.45, 7) is 0. The zero-order valence-electron chi connectivity index (χ0n) is 6.52. The van der Waals surface area contributed by atoms with E-state index in [1.165, 1.54) is 18.2 Å². The van der Waals surface area contributed by atoms with Crippen molar-refractivity contribution in [1.82, 2.24) is 4.98 Å². The van der Waals surface area contributed by atoms with Gasteiger partial charge in [0, 0.05) is 23.6 Å². The third kappa shape index (κ3) is 1.20. The Kier molecular flexibility index (Phi) is 1.45. The molecule has 2 N–H and O–H groups in total. The van der Waals surface area contributed by atoms with E-state index in [2.05, 4.69) is 4.98 Å². The van der Waals surface area contributed by atoms with Crippen molar-refractivity contribution >= 4 is 16.6 Å². The van der Waals surface area contributed by atoms with Crippen molar-refractivity contribution < 1.29 is 10.0 Å². The molecule has 0 saturated heterocycles. The molecule has 13 heavy (non-hydrogen) atoms. The zero-order chi connectivity index (χ0) is 9.42. The maximum atomic E-state index is 10.4. The number of nitro benzene ring substituents is 1. The van der Waals surface area contributed by atoms with E-state index < -0.39 is 4.92 Å². The van der Waals surface area contributed by atoms with Crippen LogP contribution in [0.5, 0.6) is 5.88 Å². The van der Waals surface area contributed by atoms with E-state index in [0.717, 1.165) is 5.39 Å². The fraction of sp³-hybridized carbons (Fsp3) is 0. The van der Waals surface area contributed by atoms with Crippen molar-refractivity contribution in [3.63, 3.8) is 0 Å². The van der Waals surface area contributed by atoms with Crippen molar-refractivity contribution in [2.24, 2.45) is 0 Å². The number of H-pyrrole nitrogens is 1. The Morgan fingerprint density at radius 2 is 2.15 bits per heavy atom. The van der Waals surface area contributed by atoms with Gasteiger partial charge in [0.1, 0.15) is 0 Å². The molecule has 0 unspecified atom stereocenters. The highest BCUT2D eigenvalue weighted by molar-refractivity contribution is 5.83. The Morgan fingerprint density at radius 3 is 2.85 bits per heavy atom. The van der Waals surface area contributed by atoms with E-state index in [9.17, 15) is 10.1 Å². The number of non-ortho nitro benzene ring substituents is 1. The second-order valence-corrected chi connectivity index (χ2v) is 2.68. The second kappa shape index (κ2) is 2.48. The molecule has 1 aromatic heterocycles. The smallest absolute Gasteiger partial charge is 0.271 e. The Balaban J connectivity index is 2.67. The number of fused-ring (bicyclic) bond motifs is 1. The van der Waals surface area contributed by atoms with Crippen molar-refractivity contribution in [2.45, 2.75) is 0 Å². The summed E-state index contributed by atoms with van der Waals surface area (Å²) in [6, 6.07) is 5.88. The molecule has 0 aliphatic carbocycles. The highest BCUT2D eigenvalue weighted by atomic mass is 16.6. The summed E-state index contributed by atoms with van der Waals surface area (Å²) in [4.78, 5) is 12.5. The van der Waals surface area contributed by atoms with Crippen LogP contribution in [0.1, 0.15) is 0 Å². The molecule has 0 atom stereocenters. The first-order valence-electron chi connectivity index (χ1n) is 3.63. The van der Waals surface area contributed by atoms with Crippen LogP contribution in [0.2, 0.25) is 0 Å². The average molecular weight is 178 g/mol. The zero-order valence-corrected chi connectivity index (χ0v) is 6.52. The molecule has 0 spiro atoms. The average Bonchev–Trinajstić information content (AvgIpc) is 2.42. The van der Waals surface area contributed by atoms with E-state index >= 15 is 0 Å². The van der Waals surface area contributed by atoms with Gasteiger partial charge in [-0.2, -0.15) is 0 Å². The summed E-state index contributed by atoms with van der Waals surface area (Å²) in [5, 5.41) is 20.2. The van der Waals surface area contributed by atoms with E-state index in [-0.39, 0.29) is 11.6 Å². The maximum Gasteiger partial charge on any atom is 0.271 e. The van der Waals surface area contributed by atoms with E-state index in [1.54, 1.807) is 6.07 Å². The number of nitrogens with one attached hydrogen (secondary N) is 1. The lowest BCUT2D eigenvalue weighted by Crippen LogP contribution is -1.86. The van der Waals surface area contributed by atoms with Gasteiger partial charge in [0.15, 0.2) is 5.88 Å². The van der Waals surface area contributed by atoms with Gasteiger partial charge in [0.2, 0.25) is 0 Å². The number of hydrogen-bond acceptors (Lipinski definition) is 3. The van der Waals surface area contributed by atoms with Crippen LogP contribution in [-0.2, 0) is 0 Å². The monoisotopic (exact) mass is 178 g/mol. The number of aromatic nitrogens is 1. The fourth-order valence-corrected chi connectivity index (χ4v) is 1.21. The van der Waals surface area contributed by atoms with E-state index in [4.69, 9.17) is 5.11 Å². The first-order chi connectivity index (χ1) is 6.16. The van der Waals surface area contributed by atoms with Crippen molar-refractivity contribution in [3.05, 3.63) is 34.4 Å². The minimum atomic E-state index is -0.475. The van der Waals surface area contributed by atoms with Gasteiger partial charge in [-0.1, -0.05) is 0 Å². The minimum absolute atomic E-state index is 0.00866. The topological polar surface area (TPSA) is 79.2 Å². The van der Waals surface area contributed by atoms with E-state index in [1.807, 2.05) is 0 Å². The van der Waals surface area contributed by atoms with Crippen LogP contribution in [0.4, 0.5) is 5.69 Å². The number of benzene rings is 1. The lowest BCUT2D eigenvalue weighted by molar-refractivity contribution is -0.384. The minimum Gasteiger partial charge on any atom is -0.495 e. The van der Waals surface area contributed by atoms with Gasteiger partial charge in [0.25, 0.3) is 5.69 Å². The van der Waals surface area contributed by atoms with Gasteiger partial charge in [0.05, 0.1) is 10.4 Å². The molecule has 0 bridgehead atoms. The predicted octanol–water partition coefficient (Wildman–Crippen LogP) is 1.78. The maximum absolute atomic E-state index is 10.4. The largest absolute Gasteiger partial charge is 0.495 e. The van der Waals surface area contributed by atoms with Crippen molar-refractivity contribution in [2.75, 3.05) is 0 Å². The van der Waals surface area contributed by atoms with Gasteiger partial charge >= 0.3 is 0 Å². The molecule has 0 aliphatic rings. The van der Waals surface area contributed by atoms with Gasteiger partial charge in [-0.3, -0.25) is 10.1 Å². The molecule has 0 amide bonds. The number of aromatic hydroxyl groups is 1. The molecular formula is C8H6N2O3. The third-order valence-electron chi connectivity index (χ3n) is 1.80. The molecule has 0 fully saturated rings. The molecule has 1 heterocycles. The van der Waals surface area contributed by atoms with Crippen LogP contribution in [-0.4, -0.2) is 15.0 Å². The Labute approximate surface area is 72.8 Å². The summed E-state index contributed by atoms with van der Waals surface area (Å²) in [7, 11) is 0. The number of nitro groups is 1. The van der Waals surface area contributed by atoms with Gasteiger partial charge < -0.3 is 10.1 Å². The summed E-state index contributed by atoms with van der Waals surface area (Å²) in [5.74, 6) is 0.00972. The number of nitrogens with zero attached hydrogens (tertiary/aromatic N) is 1. The summed E-state index contributed by atoms with van der Waals surface area (Å²) in [6.07, 6.45) is 0. The quantitative estimate of drug-likeness (QED) is 0.516. The first kappa shape index (κ1) is 7.60. The van der Waals surface area contributed by atoms with Crippen LogP contribution in [0.3, 0.4) is 0 Å². The van der Waals surface area contributed by atoms with Crippen LogP contribution in [0.25, 0.3) is 10.9 Å². The molecular weight excluding hydrogens is 172 g/mol. The highest BCUT2D eigenvalue weighted by Crippen LogP contribution is 2.23. The van der Waals surface area contributed by atoms with Crippen LogP contribution < -0.4 is 0 Å². The second-order valence-electron chi connectivity index (χ2n) is 2.68. The summed E-state index contributed by atoms with van der Waals surface area (Å²) >= 11 is 0. The molecule has 0 saturated carbocycles. The van der Waals surface area contributed by atoms with Gasteiger partial charge in [-0.15, -0.1) is 0 Å². The fourth-order valence-electron chi connectivity index (χ4n) is 1.21. The molecule has 2 aromatic rings. The Morgan fingerprint density at radius 1 is 1.38 bits per heavy atom. The SMILES string of the molecule is O=[N+]([O-])c1ccc2cc(O)[nH]c2c1. The summed E-state index contributed by atoms with van der Waals surface area (Å²) < 4.78 is 0. The van der Waals surface area contributed by atoms with Crippen LogP contribution in [0.15, 0.2) is 24.3 Å². The van der Waals surface area contributed by atoms with Crippen LogP contribution in [0, 0.1) is 10.1 Å². The first-order valence-corrected chi connectivity index (χ1v) is 3.63. The van der Waals surface area contributed by atoms with Gasteiger partial charge in [-0.25, -0.2) is 0 Å².